The zero-order valence-electron chi connectivity index (χ0n) is 12.3. The Kier molecular flexibility index (Phi) is 4.68. The van der Waals surface area contributed by atoms with Gasteiger partial charge in [0.25, 0.3) is 0 Å². The maximum absolute atomic E-state index is 6.17. The highest BCUT2D eigenvalue weighted by Gasteiger charge is 2.43. The molecule has 0 amide bonds. The normalized spacial score (nSPS) is 39.2. The maximum atomic E-state index is 6.17. The van der Waals surface area contributed by atoms with Gasteiger partial charge in [0.15, 0.2) is 0 Å². The standard InChI is InChI=1S/C15H30N2O/c1-12-9-15(11-16,10-13(2)18-12)17(3)14-7-5-4-6-8-14/h12-14H,4-11,16H2,1-3H3. The van der Waals surface area contributed by atoms with Crippen LogP contribution < -0.4 is 5.73 Å². The summed E-state index contributed by atoms with van der Waals surface area (Å²) in [5.41, 5.74) is 6.34. The summed E-state index contributed by atoms with van der Waals surface area (Å²) >= 11 is 0. The molecule has 1 aliphatic heterocycles. The van der Waals surface area contributed by atoms with E-state index in [0.29, 0.717) is 12.2 Å². The molecule has 0 spiro atoms. The molecule has 1 saturated heterocycles. The number of nitrogens with zero attached hydrogens (tertiary/aromatic N) is 1. The van der Waals surface area contributed by atoms with Crippen molar-refractivity contribution in [2.24, 2.45) is 5.73 Å². The van der Waals surface area contributed by atoms with Gasteiger partial charge >= 0.3 is 0 Å². The molecule has 2 unspecified atom stereocenters. The van der Waals surface area contributed by atoms with Crippen molar-refractivity contribution in [3.63, 3.8) is 0 Å². The Morgan fingerprint density at radius 2 is 1.67 bits per heavy atom. The minimum atomic E-state index is 0.166. The summed E-state index contributed by atoms with van der Waals surface area (Å²) in [4.78, 5) is 2.61. The van der Waals surface area contributed by atoms with E-state index in [1.807, 2.05) is 0 Å². The Labute approximate surface area is 112 Å². The molecular weight excluding hydrogens is 224 g/mol. The van der Waals surface area contributed by atoms with Gasteiger partial charge in [-0.05, 0) is 46.6 Å². The van der Waals surface area contributed by atoms with Crippen molar-refractivity contribution in [3.05, 3.63) is 0 Å². The van der Waals surface area contributed by atoms with Gasteiger partial charge in [0, 0.05) is 18.1 Å². The zero-order valence-corrected chi connectivity index (χ0v) is 12.3. The number of hydrogen-bond donors (Lipinski definition) is 1. The van der Waals surface area contributed by atoms with Crippen LogP contribution in [0.4, 0.5) is 0 Å². The lowest BCUT2D eigenvalue weighted by atomic mass is 9.80. The third-order valence-electron chi connectivity index (χ3n) is 5.05. The van der Waals surface area contributed by atoms with E-state index >= 15 is 0 Å². The van der Waals surface area contributed by atoms with Gasteiger partial charge in [0.05, 0.1) is 12.2 Å². The highest BCUT2D eigenvalue weighted by molar-refractivity contribution is 4.99. The topological polar surface area (TPSA) is 38.5 Å². The molecular formula is C15H30N2O. The lowest BCUT2D eigenvalue weighted by Crippen LogP contribution is -2.61. The Balaban J connectivity index is 2.09. The predicted molar refractivity (Wildman–Crippen MR) is 75.7 cm³/mol. The molecule has 18 heavy (non-hydrogen) atoms. The van der Waals surface area contributed by atoms with Crippen LogP contribution in [0.15, 0.2) is 0 Å². The fraction of sp³-hybridized carbons (Fsp3) is 1.00. The first-order chi connectivity index (χ1) is 8.57. The van der Waals surface area contributed by atoms with Crippen molar-refractivity contribution in [1.82, 2.24) is 4.90 Å². The van der Waals surface area contributed by atoms with Crippen LogP contribution >= 0.6 is 0 Å². The zero-order chi connectivity index (χ0) is 13.2. The number of hydrogen-bond acceptors (Lipinski definition) is 3. The number of rotatable bonds is 3. The third-order valence-corrected chi connectivity index (χ3v) is 5.05. The number of ether oxygens (including phenoxy) is 1. The third kappa shape index (κ3) is 2.89. The molecule has 1 saturated carbocycles. The van der Waals surface area contributed by atoms with Crippen LogP contribution in [0.2, 0.25) is 0 Å². The smallest absolute Gasteiger partial charge is 0.0568 e. The molecule has 2 fully saturated rings. The molecule has 0 radical (unpaired) electrons. The summed E-state index contributed by atoms with van der Waals surface area (Å²) in [7, 11) is 2.30. The van der Waals surface area contributed by atoms with Crippen LogP contribution in [0, 0.1) is 0 Å². The average molecular weight is 254 g/mol. The van der Waals surface area contributed by atoms with Crippen LogP contribution in [0.3, 0.4) is 0 Å². The lowest BCUT2D eigenvalue weighted by Gasteiger charge is -2.51. The highest BCUT2D eigenvalue weighted by Crippen LogP contribution is 2.36. The summed E-state index contributed by atoms with van der Waals surface area (Å²) in [5, 5.41) is 0. The van der Waals surface area contributed by atoms with Crippen molar-refractivity contribution in [1.29, 1.82) is 0 Å². The lowest BCUT2D eigenvalue weighted by molar-refractivity contribution is -0.109. The summed E-state index contributed by atoms with van der Waals surface area (Å²) in [6.45, 7) is 5.14. The Morgan fingerprint density at radius 3 is 2.17 bits per heavy atom. The second-order valence-corrected chi connectivity index (χ2v) is 6.50. The average Bonchev–Trinajstić information content (AvgIpc) is 2.37. The molecule has 1 aliphatic carbocycles. The molecule has 0 bridgehead atoms. The van der Waals surface area contributed by atoms with Crippen molar-refractivity contribution in [2.45, 2.75) is 82.6 Å². The van der Waals surface area contributed by atoms with Crippen molar-refractivity contribution in [2.75, 3.05) is 13.6 Å². The van der Waals surface area contributed by atoms with E-state index in [9.17, 15) is 0 Å². The first kappa shape index (κ1) is 14.3. The summed E-state index contributed by atoms with van der Waals surface area (Å²) in [6.07, 6.45) is 9.72. The van der Waals surface area contributed by atoms with Crippen LogP contribution in [-0.2, 0) is 4.74 Å². The van der Waals surface area contributed by atoms with E-state index < -0.39 is 0 Å². The molecule has 0 aromatic rings. The van der Waals surface area contributed by atoms with Gasteiger partial charge in [-0.25, -0.2) is 0 Å². The van der Waals surface area contributed by atoms with Crippen LogP contribution in [-0.4, -0.2) is 42.3 Å². The van der Waals surface area contributed by atoms with Crippen LogP contribution in [0.25, 0.3) is 0 Å². The SMILES string of the molecule is CC1CC(CN)(N(C)C2CCCCC2)CC(C)O1. The second kappa shape index (κ2) is 5.89. The van der Waals surface area contributed by atoms with Gasteiger partial charge in [0.1, 0.15) is 0 Å². The molecule has 2 atom stereocenters. The largest absolute Gasteiger partial charge is 0.375 e. The number of likely N-dealkylation sites (N-methyl/N-ethyl adjacent to an activating group) is 1. The minimum Gasteiger partial charge on any atom is -0.375 e. The first-order valence-electron chi connectivity index (χ1n) is 7.66. The molecule has 0 aromatic carbocycles. The van der Waals surface area contributed by atoms with Gasteiger partial charge in [-0.1, -0.05) is 19.3 Å². The van der Waals surface area contributed by atoms with E-state index in [0.717, 1.165) is 25.4 Å². The number of nitrogens with two attached hydrogens (primary N) is 1. The van der Waals surface area contributed by atoms with E-state index in [4.69, 9.17) is 10.5 Å². The molecule has 3 heteroatoms. The molecule has 2 N–H and O–H groups in total. The van der Waals surface area contributed by atoms with Crippen LogP contribution in [0.5, 0.6) is 0 Å². The van der Waals surface area contributed by atoms with Gasteiger partial charge in [-0.3, -0.25) is 4.90 Å². The van der Waals surface area contributed by atoms with Crippen molar-refractivity contribution < 1.29 is 4.74 Å². The van der Waals surface area contributed by atoms with Crippen molar-refractivity contribution in [3.8, 4) is 0 Å². The van der Waals surface area contributed by atoms with Gasteiger partial charge in [0.2, 0.25) is 0 Å². The second-order valence-electron chi connectivity index (χ2n) is 6.50. The quantitative estimate of drug-likeness (QED) is 0.841. The van der Waals surface area contributed by atoms with E-state index in [1.54, 1.807) is 0 Å². The highest BCUT2D eigenvalue weighted by atomic mass is 16.5. The van der Waals surface area contributed by atoms with Gasteiger partial charge in [-0.15, -0.1) is 0 Å². The molecule has 106 valence electrons. The molecule has 1 heterocycles. The molecule has 2 aliphatic rings. The minimum absolute atomic E-state index is 0.166. The Hall–Kier alpha value is -0.120. The fourth-order valence-corrected chi connectivity index (χ4v) is 4.10. The molecule has 0 aromatic heterocycles. The molecule has 3 nitrogen and oxygen atoms in total. The van der Waals surface area contributed by atoms with Gasteiger partial charge in [-0.2, -0.15) is 0 Å². The summed E-state index contributed by atoms with van der Waals surface area (Å²) in [6, 6.07) is 0.736. The van der Waals surface area contributed by atoms with Crippen molar-refractivity contribution >= 4 is 0 Å². The van der Waals surface area contributed by atoms with E-state index in [1.165, 1.54) is 32.1 Å². The van der Waals surface area contributed by atoms with Gasteiger partial charge < -0.3 is 10.5 Å². The predicted octanol–water partition coefficient (Wildman–Crippen LogP) is 2.54. The summed E-state index contributed by atoms with van der Waals surface area (Å²) < 4.78 is 5.90. The Bertz CT molecular complexity index is 253. The monoisotopic (exact) mass is 254 g/mol. The van der Waals surface area contributed by atoms with E-state index in [-0.39, 0.29) is 5.54 Å². The maximum Gasteiger partial charge on any atom is 0.0568 e. The summed E-state index contributed by atoms with van der Waals surface area (Å²) in [5.74, 6) is 0. The Morgan fingerprint density at radius 1 is 1.11 bits per heavy atom. The van der Waals surface area contributed by atoms with Crippen LogP contribution in [0.1, 0.15) is 58.8 Å². The van der Waals surface area contributed by atoms with E-state index in [2.05, 4.69) is 25.8 Å². The first-order valence-corrected chi connectivity index (χ1v) is 7.66. The fourth-order valence-electron chi connectivity index (χ4n) is 4.10. The molecule has 2 rings (SSSR count).